The Kier molecular flexibility index (Phi) is 6.75. The lowest BCUT2D eigenvalue weighted by atomic mass is 9.97. The fraction of sp³-hybridized carbons (Fsp3) is 0.533. The summed E-state index contributed by atoms with van der Waals surface area (Å²) in [4.78, 5) is 11.3. The normalized spacial score (nSPS) is 13.7. The summed E-state index contributed by atoms with van der Waals surface area (Å²) in [7, 11) is 0. The molecule has 0 saturated carbocycles. The summed E-state index contributed by atoms with van der Waals surface area (Å²) in [5.74, 6) is -0.464. The van der Waals surface area contributed by atoms with Gasteiger partial charge in [-0.3, -0.25) is 4.79 Å². The third-order valence-electron chi connectivity index (χ3n) is 3.09. The molecule has 0 heterocycles. The summed E-state index contributed by atoms with van der Waals surface area (Å²) in [6, 6.07) is 0.959. The molecule has 21 heavy (non-hydrogen) atoms. The van der Waals surface area contributed by atoms with Crippen molar-refractivity contribution < 1.29 is 13.9 Å². The highest BCUT2D eigenvalue weighted by Gasteiger charge is 2.26. The molecule has 1 amide bonds. The van der Waals surface area contributed by atoms with Crippen LogP contribution >= 0.6 is 23.2 Å². The highest BCUT2D eigenvalue weighted by molar-refractivity contribution is 6.31. The van der Waals surface area contributed by atoms with Crippen LogP contribution in [0.5, 0.6) is 5.75 Å². The second kappa shape index (κ2) is 7.85. The van der Waals surface area contributed by atoms with Gasteiger partial charge in [-0.2, -0.15) is 0 Å². The van der Waals surface area contributed by atoms with Crippen molar-refractivity contribution >= 4 is 29.1 Å². The van der Waals surface area contributed by atoms with E-state index in [1.807, 2.05) is 6.92 Å². The Bertz CT molecular complexity index is 521. The minimum absolute atomic E-state index is 0.0280. The molecule has 6 heteroatoms. The number of benzene rings is 1. The predicted octanol–water partition coefficient (Wildman–Crippen LogP) is 4.76. The van der Waals surface area contributed by atoms with Crippen molar-refractivity contribution in [3.05, 3.63) is 28.0 Å². The zero-order valence-corrected chi connectivity index (χ0v) is 14.1. The molecule has 0 spiro atoms. The Morgan fingerprint density at radius 3 is 2.52 bits per heavy atom. The van der Waals surface area contributed by atoms with E-state index in [0.29, 0.717) is 24.3 Å². The molecule has 2 atom stereocenters. The number of rotatable bonds is 6. The summed E-state index contributed by atoms with van der Waals surface area (Å²) in [6.07, 6.45) is 0.507. The van der Waals surface area contributed by atoms with Crippen molar-refractivity contribution in [2.45, 2.75) is 45.5 Å². The van der Waals surface area contributed by atoms with Gasteiger partial charge in [-0.15, -0.1) is 11.6 Å². The minimum Gasteiger partial charge on any atom is -0.493 e. The molecule has 1 N–H and O–H groups in total. The number of carbonyl (C=O) groups is 1. The van der Waals surface area contributed by atoms with E-state index in [9.17, 15) is 9.18 Å². The molecule has 2 unspecified atom stereocenters. The highest BCUT2D eigenvalue weighted by atomic mass is 35.5. The molecule has 0 bridgehead atoms. The van der Waals surface area contributed by atoms with Crippen LogP contribution in [0.25, 0.3) is 0 Å². The van der Waals surface area contributed by atoms with Gasteiger partial charge in [-0.25, -0.2) is 4.39 Å². The van der Waals surface area contributed by atoms with Crippen LogP contribution < -0.4 is 10.1 Å². The molecule has 1 rings (SSSR count). The van der Waals surface area contributed by atoms with E-state index < -0.39 is 17.2 Å². The number of halogens is 3. The SMILES string of the molecule is CCOc1c(C(C)Cl)cc(Cl)c(F)c1C(CC)NC(C)=O. The maximum Gasteiger partial charge on any atom is 0.217 e. The largest absolute Gasteiger partial charge is 0.493 e. The molecule has 0 aliphatic carbocycles. The number of amides is 1. The smallest absolute Gasteiger partial charge is 0.217 e. The third-order valence-corrected chi connectivity index (χ3v) is 3.60. The number of hydrogen-bond acceptors (Lipinski definition) is 2. The van der Waals surface area contributed by atoms with Crippen molar-refractivity contribution in [1.29, 1.82) is 0 Å². The lowest BCUT2D eigenvalue weighted by Gasteiger charge is -2.24. The Balaban J connectivity index is 3.54. The van der Waals surface area contributed by atoms with E-state index in [1.54, 1.807) is 13.8 Å². The maximum atomic E-state index is 14.5. The van der Waals surface area contributed by atoms with Gasteiger partial charge in [0.1, 0.15) is 5.75 Å². The van der Waals surface area contributed by atoms with E-state index in [-0.39, 0.29) is 16.5 Å². The zero-order valence-electron chi connectivity index (χ0n) is 12.6. The standard InChI is InChI=1S/C15H20Cl2FNO2/c1-5-12(19-9(4)20)13-14(18)11(17)7-10(8(3)16)15(13)21-6-2/h7-8,12H,5-6H2,1-4H3,(H,19,20). The summed E-state index contributed by atoms with van der Waals surface area (Å²) in [5, 5.41) is 2.30. The Morgan fingerprint density at radius 1 is 1.48 bits per heavy atom. The van der Waals surface area contributed by atoms with E-state index in [0.717, 1.165) is 0 Å². The van der Waals surface area contributed by atoms with Gasteiger partial charge in [0.2, 0.25) is 5.91 Å². The second-order valence-electron chi connectivity index (χ2n) is 4.71. The van der Waals surface area contributed by atoms with Crippen LogP contribution in [0.4, 0.5) is 4.39 Å². The van der Waals surface area contributed by atoms with Crippen LogP contribution in [0.2, 0.25) is 5.02 Å². The van der Waals surface area contributed by atoms with Crippen molar-refractivity contribution in [3.63, 3.8) is 0 Å². The number of hydrogen-bond donors (Lipinski definition) is 1. The first kappa shape index (κ1) is 18.1. The minimum atomic E-state index is -0.582. The molecular weight excluding hydrogens is 316 g/mol. The van der Waals surface area contributed by atoms with Gasteiger partial charge in [0.15, 0.2) is 5.82 Å². The van der Waals surface area contributed by atoms with E-state index in [4.69, 9.17) is 27.9 Å². The summed E-state index contributed by atoms with van der Waals surface area (Å²) in [6.45, 7) is 7.16. The van der Waals surface area contributed by atoms with Crippen LogP contribution in [0.1, 0.15) is 56.7 Å². The zero-order chi connectivity index (χ0) is 16.2. The van der Waals surface area contributed by atoms with Gasteiger partial charge in [0.05, 0.1) is 28.6 Å². The van der Waals surface area contributed by atoms with E-state index >= 15 is 0 Å². The van der Waals surface area contributed by atoms with Gasteiger partial charge in [0, 0.05) is 12.5 Å². The lowest BCUT2D eigenvalue weighted by Crippen LogP contribution is -2.27. The van der Waals surface area contributed by atoms with Crippen LogP contribution in [0, 0.1) is 5.82 Å². The molecule has 0 saturated heterocycles. The second-order valence-corrected chi connectivity index (χ2v) is 5.78. The first-order valence-corrected chi connectivity index (χ1v) is 7.70. The number of nitrogens with one attached hydrogen (secondary N) is 1. The average molecular weight is 336 g/mol. The predicted molar refractivity (Wildman–Crippen MR) is 83.7 cm³/mol. The van der Waals surface area contributed by atoms with Gasteiger partial charge in [0.25, 0.3) is 0 Å². The van der Waals surface area contributed by atoms with Gasteiger partial charge in [-0.05, 0) is 26.3 Å². The van der Waals surface area contributed by atoms with Crippen LogP contribution in [-0.2, 0) is 4.79 Å². The summed E-state index contributed by atoms with van der Waals surface area (Å²) < 4.78 is 20.1. The van der Waals surface area contributed by atoms with Crippen molar-refractivity contribution in [2.24, 2.45) is 0 Å². The first-order chi connectivity index (χ1) is 9.83. The molecule has 118 valence electrons. The Hall–Kier alpha value is -1.00. The van der Waals surface area contributed by atoms with E-state index in [2.05, 4.69) is 5.32 Å². The van der Waals surface area contributed by atoms with Crippen LogP contribution in [-0.4, -0.2) is 12.5 Å². The quantitative estimate of drug-likeness (QED) is 0.760. The molecule has 0 radical (unpaired) electrons. The summed E-state index contributed by atoms with van der Waals surface area (Å²) in [5.41, 5.74) is 0.869. The lowest BCUT2D eigenvalue weighted by molar-refractivity contribution is -0.119. The van der Waals surface area contributed by atoms with Crippen LogP contribution in [0.15, 0.2) is 6.07 Å². The molecule has 1 aromatic carbocycles. The Labute approximate surface area is 134 Å². The number of alkyl halides is 1. The monoisotopic (exact) mass is 335 g/mol. The summed E-state index contributed by atoms with van der Waals surface area (Å²) >= 11 is 12.1. The van der Waals surface area contributed by atoms with Gasteiger partial charge >= 0.3 is 0 Å². The third kappa shape index (κ3) is 4.24. The number of carbonyl (C=O) groups excluding carboxylic acids is 1. The van der Waals surface area contributed by atoms with E-state index in [1.165, 1.54) is 13.0 Å². The molecule has 0 fully saturated rings. The molecule has 0 aliphatic heterocycles. The van der Waals surface area contributed by atoms with Crippen molar-refractivity contribution in [1.82, 2.24) is 5.32 Å². The molecule has 0 aliphatic rings. The number of ether oxygens (including phenoxy) is 1. The molecule has 0 aromatic heterocycles. The molecule has 3 nitrogen and oxygen atoms in total. The van der Waals surface area contributed by atoms with Gasteiger partial charge in [-0.1, -0.05) is 18.5 Å². The molecular formula is C15H20Cl2FNO2. The maximum absolute atomic E-state index is 14.5. The average Bonchev–Trinajstić information content (AvgIpc) is 2.40. The van der Waals surface area contributed by atoms with Crippen LogP contribution in [0.3, 0.4) is 0 Å². The fourth-order valence-electron chi connectivity index (χ4n) is 2.19. The Morgan fingerprint density at radius 2 is 2.10 bits per heavy atom. The van der Waals surface area contributed by atoms with Crippen molar-refractivity contribution in [3.8, 4) is 5.75 Å². The van der Waals surface area contributed by atoms with Gasteiger partial charge < -0.3 is 10.1 Å². The first-order valence-electron chi connectivity index (χ1n) is 6.89. The fourth-order valence-corrected chi connectivity index (χ4v) is 2.57. The van der Waals surface area contributed by atoms with Crippen molar-refractivity contribution in [2.75, 3.05) is 6.61 Å². The topological polar surface area (TPSA) is 38.3 Å². The highest BCUT2D eigenvalue weighted by Crippen LogP contribution is 2.41. The molecule has 1 aromatic rings.